The van der Waals surface area contributed by atoms with Crippen LogP contribution in [0.25, 0.3) is 5.69 Å². The van der Waals surface area contributed by atoms with Gasteiger partial charge in [0, 0.05) is 32.1 Å². The predicted molar refractivity (Wildman–Crippen MR) is 177 cm³/mol. The number of carbonyl (C=O) groups excluding carboxylic acids is 2. The van der Waals surface area contributed by atoms with E-state index in [-0.39, 0.29) is 17.9 Å². The fourth-order valence-corrected chi connectivity index (χ4v) is 6.44. The van der Waals surface area contributed by atoms with Gasteiger partial charge in [-0.15, -0.1) is 0 Å². The molecule has 1 aromatic heterocycles. The quantitative estimate of drug-likeness (QED) is 0.296. The second kappa shape index (κ2) is 14.7. The van der Waals surface area contributed by atoms with Gasteiger partial charge in [-0.2, -0.15) is 5.10 Å². The van der Waals surface area contributed by atoms with Gasteiger partial charge >= 0.3 is 6.09 Å². The first-order valence-corrected chi connectivity index (χ1v) is 16.4. The van der Waals surface area contributed by atoms with E-state index in [4.69, 9.17) is 21.1 Å². The Morgan fingerprint density at radius 1 is 0.978 bits per heavy atom. The van der Waals surface area contributed by atoms with Gasteiger partial charge in [-0.3, -0.25) is 4.79 Å². The van der Waals surface area contributed by atoms with Crippen molar-refractivity contribution in [3.8, 4) is 11.4 Å². The molecule has 5 rings (SSSR count). The van der Waals surface area contributed by atoms with E-state index in [0.717, 1.165) is 56.0 Å². The highest BCUT2D eigenvalue weighted by Gasteiger charge is 2.32. The molecule has 9 nitrogen and oxygen atoms in total. The standard InChI is InChI=1S/C35H46ClN5O4/c1-35(2,3)45-34(43)40-21-16-27(17-22-40)32-29(24-38-41(32)31-8-6-5-7-30(31)36)33(42)37-23-26-14-19-39(20-15-26)18-13-25-9-11-28(44-4)12-10-25/h5-12,24,26-27H,13-23H2,1-4H3,(H,37,42). The fraction of sp³-hybridized carbons (Fsp3) is 0.514. The summed E-state index contributed by atoms with van der Waals surface area (Å²) in [4.78, 5) is 30.6. The third kappa shape index (κ3) is 8.58. The number of benzene rings is 2. The minimum Gasteiger partial charge on any atom is -0.497 e. The number of likely N-dealkylation sites (tertiary alicyclic amines) is 2. The summed E-state index contributed by atoms with van der Waals surface area (Å²) < 4.78 is 12.7. The van der Waals surface area contributed by atoms with Crippen LogP contribution in [0.3, 0.4) is 0 Å². The Morgan fingerprint density at radius 3 is 2.31 bits per heavy atom. The molecule has 0 saturated carbocycles. The monoisotopic (exact) mass is 635 g/mol. The third-order valence-corrected chi connectivity index (χ3v) is 9.12. The van der Waals surface area contributed by atoms with E-state index in [9.17, 15) is 9.59 Å². The van der Waals surface area contributed by atoms with E-state index < -0.39 is 5.60 Å². The molecule has 0 aliphatic carbocycles. The Hall–Kier alpha value is -3.56. The molecule has 2 amide bonds. The minimum atomic E-state index is -0.546. The highest BCUT2D eigenvalue weighted by atomic mass is 35.5. The molecular weight excluding hydrogens is 590 g/mol. The van der Waals surface area contributed by atoms with E-state index in [1.54, 1.807) is 18.2 Å². The Bertz CT molecular complexity index is 1430. The van der Waals surface area contributed by atoms with Gasteiger partial charge in [0.15, 0.2) is 0 Å². The van der Waals surface area contributed by atoms with Crippen LogP contribution in [0.15, 0.2) is 54.7 Å². The van der Waals surface area contributed by atoms with Gasteiger partial charge in [-0.1, -0.05) is 35.9 Å². The van der Waals surface area contributed by atoms with E-state index in [1.807, 2.05) is 61.9 Å². The summed E-state index contributed by atoms with van der Waals surface area (Å²) in [5, 5.41) is 8.45. The van der Waals surface area contributed by atoms with Crippen LogP contribution in [0.1, 0.15) is 74.0 Å². The van der Waals surface area contributed by atoms with Gasteiger partial charge in [-0.05, 0) is 102 Å². The van der Waals surface area contributed by atoms with Crippen molar-refractivity contribution >= 4 is 23.6 Å². The Labute approximate surface area is 271 Å². The summed E-state index contributed by atoms with van der Waals surface area (Å²) >= 11 is 6.59. The lowest BCUT2D eigenvalue weighted by molar-refractivity contribution is 0.0203. The second-order valence-electron chi connectivity index (χ2n) is 13.1. The Balaban J connectivity index is 1.19. The van der Waals surface area contributed by atoms with Crippen LogP contribution in [0, 0.1) is 5.92 Å². The molecule has 0 unspecified atom stereocenters. The van der Waals surface area contributed by atoms with Crippen molar-refractivity contribution in [3.63, 3.8) is 0 Å². The van der Waals surface area contributed by atoms with Gasteiger partial charge in [0.05, 0.1) is 35.3 Å². The minimum absolute atomic E-state index is 0.0390. The van der Waals surface area contributed by atoms with E-state index in [1.165, 1.54) is 5.56 Å². The lowest BCUT2D eigenvalue weighted by Crippen LogP contribution is -2.42. The van der Waals surface area contributed by atoms with Crippen LogP contribution in [-0.2, 0) is 11.2 Å². The molecule has 10 heteroatoms. The molecule has 0 spiro atoms. The molecule has 2 fully saturated rings. The fourth-order valence-electron chi connectivity index (χ4n) is 6.23. The summed E-state index contributed by atoms with van der Waals surface area (Å²) in [5.74, 6) is 1.25. The summed E-state index contributed by atoms with van der Waals surface area (Å²) in [6.45, 7) is 10.4. The average molecular weight is 636 g/mol. The van der Waals surface area contributed by atoms with Crippen molar-refractivity contribution in [1.82, 2.24) is 24.9 Å². The second-order valence-corrected chi connectivity index (χ2v) is 13.5. The van der Waals surface area contributed by atoms with Crippen LogP contribution in [-0.4, -0.2) is 83.6 Å². The lowest BCUT2D eigenvalue weighted by Gasteiger charge is -2.34. The van der Waals surface area contributed by atoms with Gasteiger partial charge < -0.3 is 24.6 Å². The molecule has 242 valence electrons. The van der Waals surface area contributed by atoms with Crippen LogP contribution in [0.2, 0.25) is 5.02 Å². The molecular formula is C35H46ClN5O4. The lowest BCUT2D eigenvalue weighted by atomic mass is 9.90. The van der Waals surface area contributed by atoms with E-state index >= 15 is 0 Å². The van der Waals surface area contributed by atoms with Gasteiger partial charge in [-0.25, -0.2) is 9.48 Å². The molecule has 3 heterocycles. The summed E-state index contributed by atoms with van der Waals surface area (Å²) in [6.07, 6.45) is 5.88. The summed E-state index contributed by atoms with van der Waals surface area (Å²) in [6, 6.07) is 15.8. The molecule has 2 aromatic carbocycles. The number of nitrogens with one attached hydrogen (secondary N) is 1. The largest absolute Gasteiger partial charge is 0.497 e. The molecule has 1 N–H and O–H groups in total. The van der Waals surface area contributed by atoms with Crippen molar-refractivity contribution in [1.29, 1.82) is 0 Å². The number of methoxy groups -OCH3 is 1. The topological polar surface area (TPSA) is 88.9 Å². The molecule has 2 aliphatic heterocycles. The highest BCUT2D eigenvalue weighted by Crippen LogP contribution is 2.34. The van der Waals surface area contributed by atoms with E-state index in [2.05, 4.69) is 27.4 Å². The normalized spacial score (nSPS) is 16.9. The van der Waals surface area contributed by atoms with Crippen molar-refractivity contribution in [2.24, 2.45) is 5.92 Å². The summed E-state index contributed by atoms with van der Waals surface area (Å²) in [7, 11) is 1.69. The molecule has 45 heavy (non-hydrogen) atoms. The van der Waals surface area contributed by atoms with Crippen LogP contribution in [0.4, 0.5) is 4.79 Å². The summed E-state index contributed by atoms with van der Waals surface area (Å²) in [5.41, 5.74) is 2.93. The number of hydrogen-bond acceptors (Lipinski definition) is 6. The SMILES string of the molecule is COc1ccc(CCN2CCC(CNC(=O)c3cnn(-c4ccccc4Cl)c3C3CCN(C(=O)OC(C)(C)C)CC3)CC2)cc1. The number of piperidine rings is 2. The number of para-hydroxylation sites is 1. The predicted octanol–water partition coefficient (Wildman–Crippen LogP) is 6.33. The van der Waals surface area contributed by atoms with Crippen molar-refractivity contribution in [3.05, 3.63) is 76.6 Å². The zero-order chi connectivity index (χ0) is 32.0. The molecule has 3 aromatic rings. The Kier molecular flexibility index (Phi) is 10.7. The van der Waals surface area contributed by atoms with Gasteiger partial charge in [0.25, 0.3) is 5.91 Å². The number of hydrogen-bond donors (Lipinski definition) is 1. The first-order valence-electron chi connectivity index (χ1n) is 16.1. The molecule has 0 bridgehead atoms. The smallest absolute Gasteiger partial charge is 0.410 e. The van der Waals surface area contributed by atoms with Crippen LogP contribution in [0.5, 0.6) is 5.75 Å². The molecule has 0 radical (unpaired) electrons. The first kappa shape index (κ1) is 32.8. The van der Waals surface area contributed by atoms with E-state index in [0.29, 0.717) is 49.0 Å². The van der Waals surface area contributed by atoms with Gasteiger partial charge in [0.1, 0.15) is 11.4 Å². The molecule has 0 atom stereocenters. The maximum atomic E-state index is 13.7. The number of carbonyl (C=O) groups is 2. The Morgan fingerprint density at radius 2 is 1.67 bits per heavy atom. The zero-order valence-electron chi connectivity index (χ0n) is 26.9. The maximum Gasteiger partial charge on any atom is 0.410 e. The van der Waals surface area contributed by atoms with Gasteiger partial charge in [0.2, 0.25) is 0 Å². The number of nitrogens with zero attached hydrogens (tertiary/aromatic N) is 4. The number of amides is 2. The van der Waals surface area contributed by atoms with Crippen LogP contribution < -0.4 is 10.1 Å². The first-order chi connectivity index (χ1) is 21.6. The van der Waals surface area contributed by atoms with Crippen LogP contribution >= 0.6 is 11.6 Å². The van der Waals surface area contributed by atoms with Crippen molar-refractivity contribution in [2.75, 3.05) is 46.4 Å². The molecule has 2 aliphatic rings. The maximum absolute atomic E-state index is 13.7. The number of aromatic nitrogens is 2. The highest BCUT2D eigenvalue weighted by molar-refractivity contribution is 6.32. The average Bonchev–Trinajstić information content (AvgIpc) is 3.48. The third-order valence-electron chi connectivity index (χ3n) is 8.80. The molecule has 2 saturated heterocycles. The van der Waals surface area contributed by atoms with Crippen molar-refractivity contribution in [2.45, 2.75) is 64.4 Å². The zero-order valence-corrected chi connectivity index (χ0v) is 27.7. The number of halogens is 1. The number of rotatable bonds is 9. The number of ether oxygens (including phenoxy) is 2. The van der Waals surface area contributed by atoms with Crippen molar-refractivity contribution < 1.29 is 19.1 Å².